The summed E-state index contributed by atoms with van der Waals surface area (Å²) in [5.74, 6) is 1.88. The number of ether oxygens (including phenoxy) is 1. The molecule has 0 saturated carbocycles. The third kappa shape index (κ3) is 6.12. The highest BCUT2D eigenvalue weighted by molar-refractivity contribution is 5.79. The Balaban J connectivity index is 1.18. The fraction of sp³-hybridized carbons (Fsp3) is 0.212. The van der Waals surface area contributed by atoms with Crippen molar-refractivity contribution >= 4 is 16.9 Å². The quantitative estimate of drug-likeness (QED) is 0.243. The minimum atomic E-state index is 0.0124. The van der Waals surface area contributed by atoms with Crippen molar-refractivity contribution in [1.29, 1.82) is 0 Å². The number of imidazole rings is 1. The van der Waals surface area contributed by atoms with Gasteiger partial charge in [-0.05, 0) is 59.9 Å². The number of carbonyl (C=O) groups is 1. The smallest absolute Gasteiger partial charge is 0.224 e. The van der Waals surface area contributed by atoms with Crippen LogP contribution in [0.4, 0.5) is 0 Å². The number of nitrogens with one attached hydrogen (secondary N) is 1. The van der Waals surface area contributed by atoms with Crippen LogP contribution in [0.25, 0.3) is 22.2 Å². The van der Waals surface area contributed by atoms with Crippen LogP contribution >= 0.6 is 0 Å². The SMILES string of the molecule is Cc1ccc(C)c(OCCn2c(CCNC(=O)Cc3ccc(-c4ccccc4)cc3)nc3ccccc32)c1. The van der Waals surface area contributed by atoms with Crippen molar-refractivity contribution in [2.75, 3.05) is 13.2 Å². The molecule has 0 aliphatic rings. The molecule has 0 radical (unpaired) electrons. The van der Waals surface area contributed by atoms with E-state index in [1.54, 1.807) is 0 Å². The minimum absolute atomic E-state index is 0.0124. The standard InChI is InChI=1S/C33H33N3O2/c1-24-12-13-25(2)31(22-24)38-21-20-36-30-11-7-6-10-29(30)35-32(36)18-19-34-33(37)23-26-14-16-28(17-15-26)27-8-4-3-5-9-27/h3-17,22H,18-21,23H2,1-2H3,(H,34,37). The first-order valence-corrected chi connectivity index (χ1v) is 13.1. The zero-order valence-electron chi connectivity index (χ0n) is 22.0. The molecule has 5 aromatic rings. The number of nitrogens with zero attached hydrogens (tertiary/aromatic N) is 2. The van der Waals surface area contributed by atoms with Crippen LogP contribution in [0.2, 0.25) is 0 Å². The van der Waals surface area contributed by atoms with Crippen molar-refractivity contribution in [2.24, 2.45) is 0 Å². The molecule has 0 bridgehead atoms. The number of benzene rings is 4. The van der Waals surface area contributed by atoms with E-state index in [9.17, 15) is 4.79 Å². The first-order chi connectivity index (χ1) is 18.6. The van der Waals surface area contributed by atoms with E-state index < -0.39 is 0 Å². The number of carbonyl (C=O) groups excluding carboxylic acids is 1. The molecule has 5 heteroatoms. The Morgan fingerprint density at radius 2 is 1.61 bits per heavy atom. The summed E-state index contributed by atoms with van der Waals surface area (Å²) in [5, 5.41) is 3.07. The number of hydrogen-bond acceptors (Lipinski definition) is 3. The topological polar surface area (TPSA) is 56.1 Å². The van der Waals surface area contributed by atoms with E-state index in [1.165, 1.54) is 11.1 Å². The van der Waals surface area contributed by atoms with Gasteiger partial charge in [-0.15, -0.1) is 0 Å². The van der Waals surface area contributed by atoms with Gasteiger partial charge in [0, 0.05) is 13.0 Å². The Hall–Kier alpha value is -4.38. The molecule has 1 N–H and O–H groups in total. The molecular weight excluding hydrogens is 470 g/mol. The maximum atomic E-state index is 12.6. The van der Waals surface area contributed by atoms with Crippen LogP contribution in [0.5, 0.6) is 5.75 Å². The van der Waals surface area contributed by atoms with Gasteiger partial charge in [0.15, 0.2) is 0 Å². The van der Waals surface area contributed by atoms with Crippen molar-refractivity contribution in [3.63, 3.8) is 0 Å². The predicted octanol–water partition coefficient (Wildman–Crippen LogP) is 6.30. The zero-order valence-corrected chi connectivity index (χ0v) is 22.0. The van der Waals surface area contributed by atoms with Crippen LogP contribution in [0.1, 0.15) is 22.5 Å². The van der Waals surface area contributed by atoms with Crippen LogP contribution < -0.4 is 10.1 Å². The molecule has 1 amide bonds. The Morgan fingerprint density at radius 3 is 2.42 bits per heavy atom. The molecule has 0 aliphatic heterocycles. The van der Waals surface area contributed by atoms with Gasteiger partial charge >= 0.3 is 0 Å². The maximum Gasteiger partial charge on any atom is 0.224 e. The zero-order chi connectivity index (χ0) is 26.3. The van der Waals surface area contributed by atoms with Crippen molar-refractivity contribution in [3.8, 4) is 16.9 Å². The Labute approximate surface area is 224 Å². The molecular formula is C33H33N3O2. The second-order valence-electron chi connectivity index (χ2n) is 9.63. The number of fused-ring (bicyclic) bond motifs is 1. The molecule has 5 nitrogen and oxygen atoms in total. The normalized spacial score (nSPS) is 11.0. The molecule has 1 heterocycles. The molecule has 5 rings (SSSR count). The van der Waals surface area contributed by atoms with Gasteiger partial charge in [-0.25, -0.2) is 4.98 Å². The first kappa shape index (κ1) is 25.3. The van der Waals surface area contributed by atoms with Gasteiger partial charge in [0.05, 0.1) is 24.0 Å². The largest absolute Gasteiger partial charge is 0.491 e. The van der Waals surface area contributed by atoms with Crippen molar-refractivity contribution in [2.45, 2.75) is 33.2 Å². The van der Waals surface area contributed by atoms with Crippen molar-refractivity contribution in [3.05, 3.63) is 120 Å². The molecule has 0 fully saturated rings. The van der Waals surface area contributed by atoms with E-state index in [0.717, 1.165) is 39.3 Å². The van der Waals surface area contributed by atoms with E-state index in [-0.39, 0.29) is 5.91 Å². The molecule has 192 valence electrons. The highest BCUT2D eigenvalue weighted by atomic mass is 16.5. The van der Waals surface area contributed by atoms with Gasteiger partial charge in [-0.2, -0.15) is 0 Å². The summed E-state index contributed by atoms with van der Waals surface area (Å²) in [6, 6.07) is 32.8. The molecule has 0 spiro atoms. The van der Waals surface area contributed by atoms with Gasteiger partial charge < -0.3 is 14.6 Å². The molecule has 0 saturated heterocycles. The fourth-order valence-electron chi connectivity index (χ4n) is 4.68. The summed E-state index contributed by atoms with van der Waals surface area (Å²) in [6.07, 6.45) is 1.01. The monoisotopic (exact) mass is 503 g/mol. The van der Waals surface area contributed by atoms with Gasteiger partial charge in [-0.1, -0.05) is 78.9 Å². The summed E-state index contributed by atoms with van der Waals surface area (Å²) in [5.41, 5.74) is 7.67. The summed E-state index contributed by atoms with van der Waals surface area (Å²) in [6.45, 7) is 5.89. The van der Waals surface area contributed by atoms with Gasteiger partial charge in [-0.3, -0.25) is 4.79 Å². The molecule has 0 atom stereocenters. The number of amides is 1. The second-order valence-corrected chi connectivity index (χ2v) is 9.63. The third-order valence-electron chi connectivity index (χ3n) is 6.75. The highest BCUT2D eigenvalue weighted by Gasteiger charge is 2.12. The van der Waals surface area contributed by atoms with Crippen molar-refractivity contribution < 1.29 is 9.53 Å². The number of aryl methyl sites for hydroxylation is 2. The summed E-state index contributed by atoms with van der Waals surface area (Å²) < 4.78 is 8.33. The third-order valence-corrected chi connectivity index (χ3v) is 6.75. The fourth-order valence-corrected chi connectivity index (χ4v) is 4.68. The number of rotatable bonds is 10. The lowest BCUT2D eigenvalue weighted by Crippen LogP contribution is -2.28. The molecule has 0 unspecified atom stereocenters. The van der Waals surface area contributed by atoms with Gasteiger partial charge in [0.25, 0.3) is 0 Å². The van der Waals surface area contributed by atoms with Crippen molar-refractivity contribution in [1.82, 2.24) is 14.9 Å². The summed E-state index contributed by atoms with van der Waals surface area (Å²) >= 11 is 0. The highest BCUT2D eigenvalue weighted by Crippen LogP contribution is 2.21. The molecule has 38 heavy (non-hydrogen) atoms. The number of aromatic nitrogens is 2. The number of para-hydroxylation sites is 2. The Morgan fingerprint density at radius 1 is 0.868 bits per heavy atom. The predicted molar refractivity (Wildman–Crippen MR) is 153 cm³/mol. The van der Waals surface area contributed by atoms with E-state index >= 15 is 0 Å². The molecule has 0 aliphatic carbocycles. The summed E-state index contributed by atoms with van der Waals surface area (Å²) in [7, 11) is 0. The van der Waals surface area contributed by atoms with Crippen LogP contribution in [-0.2, 0) is 24.2 Å². The lowest BCUT2D eigenvalue weighted by molar-refractivity contribution is -0.120. The van der Waals surface area contributed by atoms with Crippen LogP contribution in [0.15, 0.2) is 97.1 Å². The lowest BCUT2D eigenvalue weighted by atomic mass is 10.0. The lowest BCUT2D eigenvalue weighted by Gasteiger charge is -2.13. The molecule has 1 aromatic heterocycles. The van der Waals surface area contributed by atoms with E-state index in [1.807, 2.05) is 48.5 Å². The van der Waals surface area contributed by atoms with Gasteiger partial charge in [0.2, 0.25) is 5.91 Å². The second kappa shape index (κ2) is 11.8. The van der Waals surface area contributed by atoms with Crippen LogP contribution in [0.3, 0.4) is 0 Å². The van der Waals surface area contributed by atoms with Gasteiger partial charge in [0.1, 0.15) is 18.2 Å². The van der Waals surface area contributed by atoms with Crippen LogP contribution in [0, 0.1) is 13.8 Å². The Bertz CT molecular complexity index is 1520. The molecule has 4 aromatic carbocycles. The minimum Gasteiger partial charge on any atom is -0.491 e. The number of hydrogen-bond donors (Lipinski definition) is 1. The average molecular weight is 504 g/mol. The Kier molecular flexibility index (Phi) is 7.84. The summed E-state index contributed by atoms with van der Waals surface area (Å²) in [4.78, 5) is 17.5. The maximum absolute atomic E-state index is 12.6. The van der Waals surface area contributed by atoms with E-state index in [0.29, 0.717) is 32.5 Å². The average Bonchev–Trinajstić information content (AvgIpc) is 3.29. The van der Waals surface area contributed by atoms with E-state index in [4.69, 9.17) is 9.72 Å². The van der Waals surface area contributed by atoms with Crippen LogP contribution in [-0.4, -0.2) is 28.6 Å². The first-order valence-electron chi connectivity index (χ1n) is 13.1. The van der Waals surface area contributed by atoms with E-state index in [2.05, 4.69) is 72.3 Å².